The van der Waals surface area contributed by atoms with E-state index >= 15 is 0 Å². The van der Waals surface area contributed by atoms with Crippen LogP contribution in [0.2, 0.25) is 0 Å². The van der Waals surface area contributed by atoms with Crippen LogP contribution in [0.5, 0.6) is 0 Å². The van der Waals surface area contributed by atoms with Crippen LogP contribution < -0.4 is 0 Å². The first-order valence-electron chi connectivity index (χ1n) is 8.31. The zero-order valence-electron chi connectivity index (χ0n) is 15.1. The lowest BCUT2D eigenvalue weighted by Crippen LogP contribution is -2.22. The van der Waals surface area contributed by atoms with Crippen molar-refractivity contribution < 1.29 is 5.11 Å². The fraction of sp³-hybridized carbons (Fsp3) is 0.353. The van der Waals surface area contributed by atoms with Gasteiger partial charge in [0.15, 0.2) is 10.6 Å². The van der Waals surface area contributed by atoms with Crippen LogP contribution in [-0.2, 0) is 18.6 Å². The second kappa shape index (κ2) is 7.19. The van der Waals surface area contributed by atoms with E-state index in [9.17, 15) is 5.11 Å². The minimum Gasteiger partial charge on any atom is -0.376 e. The number of aromatic nitrogens is 6. The fourth-order valence-corrected chi connectivity index (χ4v) is 5.01. The lowest BCUT2D eigenvalue weighted by Gasteiger charge is -2.16. The molecule has 0 aliphatic rings. The quantitative estimate of drug-likeness (QED) is 0.517. The Balaban J connectivity index is 1.46. The molecule has 0 amide bonds. The van der Waals surface area contributed by atoms with Crippen LogP contribution in [0.25, 0.3) is 0 Å². The Morgan fingerprint density at radius 1 is 1.07 bits per heavy atom. The molecule has 0 saturated heterocycles. The number of aryl methyl sites for hydroxylation is 2. The third-order valence-corrected chi connectivity index (χ3v) is 7.06. The summed E-state index contributed by atoms with van der Waals surface area (Å²) < 4.78 is 1.88. The van der Waals surface area contributed by atoms with Crippen LogP contribution in [0.15, 0.2) is 23.0 Å². The maximum absolute atomic E-state index is 10.9. The Kier molecular flexibility index (Phi) is 4.89. The average molecular weight is 419 g/mol. The molecule has 1 unspecified atom stereocenters. The van der Waals surface area contributed by atoms with Gasteiger partial charge in [0.2, 0.25) is 0 Å². The standard InChI is InChI=1S/C17H18N6OS3/c1-10-8-26-15(18-10)17(3,24)16-21-20-14(27-16)6-12-4-5-23(22-12)7-13-9-25-11(2)19-13/h4-5,8-9,24H,6-7H2,1-3H3. The average Bonchev–Trinajstić information content (AvgIpc) is 3.38. The molecule has 0 spiro atoms. The summed E-state index contributed by atoms with van der Waals surface area (Å²) in [5.41, 5.74) is 1.59. The first-order chi connectivity index (χ1) is 12.9. The van der Waals surface area contributed by atoms with Crippen LogP contribution in [0.1, 0.15) is 44.0 Å². The molecule has 4 aromatic heterocycles. The van der Waals surface area contributed by atoms with Crippen molar-refractivity contribution in [3.05, 3.63) is 60.1 Å². The monoisotopic (exact) mass is 418 g/mol. The summed E-state index contributed by atoms with van der Waals surface area (Å²) in [6.45, 7) is 6.27. The highest BCUT2D eigenvalue weighted by Crippen LogP contribution is 2.33. The van der Waals surface area contributed by atoms with Gasteiger partial charge in [-0.3, -0.25) is 4.68 Å². The van der Waals surface area contributed by atoms with Crippen LogP contribution in [0.4, 0.5) is 0 Å². The zero-order valence-corrected chi connectivity index (χ0v) is 17.5. The first-order valence-corrected chi connectivity index (χ1v) is 10.9. The molecule has 0 bridgehead atoms. The molecule has 4 aromatic rings. The Morgan fingerprint density at radius 3 is 2.63 bits per heavy atom. The van der Waals surface area contributed by atoms with Crippen LogP contribution in [0.3, 0.4) is 0 Å². The molecule has 140 valence electrons. The molecular formula is C17H18N6OS3. The van der Waals surface area contributed by atoms with Gasteiger partial charge in [0.05, 0.1) is 22.9 Å². The maximum Gasteiger partial charge on any atom is 0.166 e. The summed E-state index contributed by atoms with van der Waals surface area (Å²) in [5.74, 6) is 0. The lowest BCUT2D eigenvalue weighted by molar-refractivity contribution is 0.101. The number of hydrogen-bond acceptors (Lipinski definition) is 9. The molecule has 27 heavy (non-hydrogen) atoms. The molecule has 1 N–H and O–H groups in total. The van der Waals surface area contributed by atoms with Gasteiger partial charge in [0.1, 0.15) is 10.0 Å². The number of rotatable bonds is 6. The molecule has 0 aliphatic heterocycles. The van der Waals surface area contributed by atoms with Crippen LogP contribution in [0, 0.1) is 13.8 Å². The Labute approximate surface area is 168 Å². The maximum atomic E-state index is 10.9. The highest BCUT2D eigenvalue weighted by Gasteiger charge is 2.33. The molecule has 0 fully saturated rings. The van der Waals surface area contributed by atoms with Gasteiger partial charge in [-0.05, 0) is 26.8 Å². The van der Waals surface area contributed by atoms with Gasteiger partial charge in [0.25, 0.3) is 0 Å². The summed E-state index contributed by atoms with van der Waals surface area (Å²) in [4.78, 5) is 8.85. The minimum absolute atomic E-state index is 0.546. The smallest absolute Gasteiger partial charge is 0.166 e. The predicted octanol–water partition coefficient (Wildman–Crippen LogP) is 3.16. The molecule has 0 aromatic carbocycles. The Hall–Kier alpha value is -2.01. The molecule has 0 aliphatic carbocycles. The molecule has 7 nitrogen and oxygen atoms in total. The van der Waals surface area contributed by atoms with E-state index in [1.165, 1.54) is 22.7 Å². The van der Waals surface area contributed by atoms with E-state index in [2.05, 4.69) is 30.6 Å². The van der Waals surface area contributed by atoms with E-state index in [1.54, 1.807) is 18.3 Å². The van der Waals surface area contributed by atoms with Gasteiger partial charge < -0.3 is 5.11 Å². The number of hydrogen-bond donors (Lipinski definition) is 1. The van der Waals surface area contributed by atoms with Crippen molar-refractivity contribution in [2.24, 2.45) is 0 Å². The van der Waals surface area contributed by atoms with Gasteiger partial charge in [-0.15, -0.1) is 32.9 Å². The van der Waals surface area contributed by atoms with E-state index in [0.29, 0.717) is 23.0 Å². The van der Waals surface area contributed by atoms with Crippen molar-refractivity contribution >= 4 is 34.0 Å². The summed E-state index contributed by atoms with van der Waals surface area (Å²) in [7, 11) is 0. The van der Waals surface area contributed by atoms with Crippen LogP contribution in [-0.4, -0.2) is 35.1 Å². The van der Waals surface area contributed by atoms with Gasteiger partial charge in [-0.2, -0.15) is 5.10 Å². The van der Waals surface area contributed by atoms with Crippen molar-refractivity contribution in [2.45, 2.75) is 39.3 Å². The van der Waals surface area contributed by atoms with Gasteiger partial charge in [0, 0.05) is 29.1 Å². The molecule has 4 heterocycles. The summed E-state index contributed by atoms with van der Waals surface area (Å²) in [5, 5.41) is 30.9. The molecular weight excluding hydrogens is 400 g/mol. The molecule has 0 radical (unpaired) electrons. The third kappa shape index (κ3) is 3.98. The fourth-order valence-electron chi connectivity index (χ4n) is 2.58. The molecule has 1 atom stereocenters. The summed E-state index contributed by atoms with van der Waals surface area (Å²) in [6, 6.07) is 1.97. The summed E-state index contributed by atoms with van der Waals surface area (Å²) in [6.07, 6.45) is 2.52. The van der Waals surface area contributed by atoms with Crippen LogP contribution >= 0.6 is 34.0 Å². The normalized spacial score (nSPS) is 13.8. The zero-order chi connectivity index (χ0) is 19.0. The van der Waals surface area contributed by atoms with Crippen molar-refractivity contribution in [3.8, 4) is 0 Å². The van der Waals surface area contributed by atoms with Gasteiger partial charge >= 0.3 is 0 Å². The lowest BCUT2D eigenvalue weighted by atomic mass is 10.1. The number of nitrogens with zero attached hydrogens (tertiary/aromatic N) is 6. The largest absolute Gasteiger partial charge is 0.376 e. The highest BCUT2D eigenvalue weighted by atomic mass is 32.1. The molecule has 10 heteroatoms. The van der Waals surface area contributed by atoms with Gasteiger partial charge in [-0.1, -0.05) is 11.3 Å². The second-order valence-electron chi connectivity index (χ2n) is 6.41. The topological polar surface area (TPSA) is 89.6 Å². The van der Waals surface area contributed by atoms with Crippen molar-refractivity contribution in [1.29, 1.82) is 0 Å². The molecule has 4 rings (SSSR count). The van der Waals surface area contributed by atoms with E-state index in [4.69, 9.17) is 0 Å². The van der Waals surface area contributed by atoms with E-state index < -0.39 is 5.60 Å². The molecule has 0 saturated carbocycles. The number of thiazole rings is 2. The second-order valence-corrected chi connectivity index (χ2v) is 9.39. The van der Waals surface area contributed by atoms with E-state index in [-0.39, 0.29) is 0 Å². The van der Waals surface area contributed by atoms with E-state index in [0.717, 1.165) is 27.1 Å². The van der Waals surface area contributed by atoms with Crippen molar-refractivity contribution in [3.63, 3.8) is 0 Å². The highest BCUT2D eigenvalue weighted by molar-refractivity contribution is 7.12. The third-order valence-electron chi connectivity index (χ3n) is 3.94. The van der Waals surface area contributed by atoms with E-state index in [1.807, 2.05) is 36.2 Å². The summed E-state index contributed by atoms with van der Waals surface area (Å²) >= 11 is 4.46. The van der Waals surface area contributed by atoms with Gasteiger partial charge in [-0.25, -0.2) is 9.97 Å². The van der Waals surface area contributed by atoms with Crippen molar-refractivity contribution in [2.75, 3.05) is 0 Å². The predicted molar refractivity (Wildman–Crippen MR) is 106 cm³/mol. The Morgan fingerprint density at radius 2 is 1.93 bits per heavy atom. The first kappa shape index (κ1) is 18.4. The SMILES string of the molecule is Cc1csc(C(C)(O)c2nnc(Cc3ccn(Cc4csc(C)n4)n3)s2)n1. The number of aliphatic hydroxyl groups is 1. The van der Waals surface area contributed by atoms with Crippen molar-refractivity contribution in [1.82, 2.24) is 29.9 Å². The minimum atomic E-state index is -1.23. The Bertz CT molecular complexity index is 1060.